The van der Waals surface area contributed by atoms with Crippen LogP contribution in [-0.2, 0) is 6.18 Å². The topological polar surface area (TPSA) is 35.5 Å². The zero-order chi connectivity index (χ0) is 17.2. The molecule has 1 aliphatic rings. The molecule has 0 amide bonds. The Morgan fingerprint density at radius 1 is 1.32 bits per heavy atom. The summed E-state index contributed by atoms with van der Waals surface area (Å²) >= 11 is 3.13. The molecule has 1 saturated heterocycles. The van der Waals surface area contributed by atoms with E-state index in [1.807, 2.05) is 4.90 Å². The minimum absolute atomic E-state index is 0. The summed E-state index contributed by atoms with van der Waals surface area (Å²) in [7, 11) is 0. The first-order valence-corrected chi connectivity index (χ1v) is 8.19. The molecule has 0 radical (unpaired) electrons. The zero-order valence-electron chi connectivity index (χ0n) is 13.7. The minimum atomic E-state index is -4.52. The van der Waals surface area contributed by atoms with Crippen molar-refractivity contribution in [1.29, 1.82) is 0 Å². The maximum atomic E-state index is 13.4. The lowest BCUT2D eigenvalue weighted by Gasteiger charge is -2.37. The van der Waals surface area contributed by atoms with Gasteiger partial charge < -0.3 is 10.4 Å². The first kappa shape index (κ1) is 24.5. The van der Waals surface area contributed by atoms with Gasteiger partial charge in [-0.2, -0.15) is 13.2 Å². The van der Waals surface area contributed by atoms with E-state index >= 15 is 0 Å². The summed E-state index contributed by atoms with van der Waals surface area (Å²) in [4.78, 5) is 1.97. The first-order chi connectivity index (χ1) is 10.7. The van der Waals surface area contributed by atoms with Gasteiger partial charge in [-0.3, -0.25) is 4.90 Å². The van der Waals surface area contributed by atoms with Gasteiger partial charge in [0.05, 0.1) is 10.0 Å². The summed E-state index contributed by atoms with van der Waals surface area (Å²) in [5.41, 5.74) is -0.0826. The second-order valence-electron chi connectivity index (χ2n) is 5.82. The molecule has 2 N–H and O–H groups in total. The molecule has 0 aromatic heterocycles. The smallest absolute Gasteiger partial charge is 0.416 e. The number of hydrogen-bond donors (Lipinski definition) is 2. The van der Waals surface area contributed by atoms with Crippen LogP contribution in [-0.4, -0.2) is 36.2 Å². The molecule has 0 aliphatic carbocycles. The van der Waals surface area contributed by atoms with E-state index in [4.69, 9.17) is 0 Å². The molecule has 0 saturated carbocycles. The van der Waals surface area contributed by atoms with E-state index in [9.17, 15) is 18.3 Å². The third-order valence-corrected chi connectivity index (χ3v) is 4.58. The van der Waals surface area contributed by atoms with Crippen LogP contribution < -0.4 is 5.32 Å². The van der Waals surface area contributed by atoms with Gasteiger partial charge in [0.1, 0.15) is 5.75 Å². The molecule has 144 valence electrons. The van der Waals surface area contributed by atoms with Crippen LogP contribution in [0.15, 0.2) is 28.8 Å². The highest BCUT2D eigenvalue weighted by molar-refractivity contribution is 9.10. The summed E-state index contributed by atoms with van der Waals surface area (Å²) < 4.78 is 40.6. The molecule has 3 nitrogen and oxygen atoms in total. The molecule has 0 bridgehead atoms. The average molecular weight is 466 g/mol. The van der Waals surface area contributed by atoms with Gasteiger partial charge in [-0.05, 0) is 41.4 Å². The lowest BCUT2D eigenvalue weighted by molar-refractivity contribution is -0.139. The van der Waals surface area contributed by atoms with Crippen molar-refractivity contribution in [3.8, 4) is 5.75 Å². The van der Waals surface area contributed by atoms with Crippen LogP contribution in [0.25, 0.3) is 0 Å². The van der Waals surface area contributed by atoms with Gasteiger partial charge in [-0.1, -0.05) is 5.57 Å². The van der Waals surface area contributed by atoms with Crippen molar-refractivity contribution in [2.75, 3.05) is 26.2 Å². The third kappa shape index (κ3) is 6.03. The van der Waals surface area contributed by atoms with Crippen LogP contribution in [0, 0.1) is 0 Å². The number of rotatable bonds is 4. The Hall–Kier alpha value is -0.470. The number of benzene rings is 1. The van der Waals surface area contributed by atoms with Gasteiger partial charge in [-0.15, -0.1) is 31.4 Å². The molecule has 25 heavy (non-hydrogen) atoms. The molecule has 9 heteroatoms. The van der Waals surface area contributed by atoms with Crippen LogP contribution in [0.4, 0.5) is 13.2 Å². The van der Waals surface area contributed by atoms with Crippen molar-refractivity contribution < 1.29 is 18.3 Å². The molecule has 0 spiro atoms. The van der Waals surface area contributed by atoms with Crippen LogP contribution in [0.3, 0.4) is 0 Å². The molecular weight excluding hydrogens is 444 g/mol. The van der Waals surface area contributed by atoms with Crippen LogP contribution in [0.2, 0.25) is 0 Å². The molecule has 2 rings (SSSR count). The van der Waals surface area contributed by atoms with Crippen molar-refractivity contribution in [1.82, 2.24) is 10.2 Å². The minimum Gasteiger partial charge on any atom is -0.506 e. The highest BCUT2D eigenvalue weighted by Crippen LogP contribution is 2.45. The van der Waals surface area contributed by atoms with Gasteiger partial charge in [0.25, 0.3) is 0 Å². The third-order valence-electron chi connectivity index (χ3n) is 3.94. The predicted octanol–water partition coefficient (Wildman–Crippen LogP) is 4.93. The summed E-state index contributed by atoms with van der Waals surface area (Å²) in [6, 6.07) is 1.70. The molecule has 1 aliphatic heterocycles. The number of alkyl halides is 3. The Kier molecular flexibility index (Phi) is 9.83. The van der Waals surface area contributed by atoms with Gasteiger partial charge in [0.2, 0.25) is 0 Å². The SMILES string of the molecule is C=C(C)C[C@H](c1c(C(F)(F)F)ccc(Br)c1O)N1CCNCC1.Cl.Cl. The monoisotopic (exact) mass is 464 g/mol. The highest BCUT2D eigenvalue weighted by Gasteiger charge is 2.39. The molecule has 1 fully saturated rings. The normalized spacial score (nSPS) is 16.5. The molecule has 1 atom stereocenters. The van der Waals surface area contributed by atoms with E-state index in [1.165, 1.54) is 6.07 Å². The molecule has 1 aromatic carbocycles. The Bertz CT molecular complexity index is 593. The number of aromatic hydroxyl groups is 1. The van der Waals surface area contributed by atoms with Crippen molar-refractivity contribution in [3.63, 3.8) is 0 Å². The maximum Gasteiger partial charge on any atom is 0.416 e. The number of halogens is 6. The maximum absolute atomic E-state index is 13.4. The summed E-state index contributed by atoms with van der Waals surface area (Å²) in [6.07, 6.45) is -4.15. The molecule has 1 heterocycles. The van der Waals surface area contributed by atoms with E-state index in [1.54, 1.807) is 6.92 Å². The van der Waals surface area contributed by atoms with E-state index < -0.39 is 17.8 Å². The van der Waals surface area contributed by atoms with Crippen LogP contribution in [0.1, 0.15) is 30.5 Å². The van der Waals surface area contributed by atoms with E-state index in [-0.39, 0.29) is 40.6 Å². The Morgan fingerprint density at radius 3 is 2.36 bits per heavy atom. The van der Waals surface area contributed by atoms with Gasteiger partial charge in [0.15, 0.2) is 0 Å². The quantitative estimate of drug-likeness (QED) is 0.619. The summed E-state index contributed by atoms with van der Waals surface area (Å²) in [5, 5.41) is 13.5. The fraction of sp³-hybridized carbons (Fsp3) is 0.500. The van der Waals surface area contributed by atoms with Crippen molar-refractivity contribution in [3.05, 3.63) is 39.9 Å². The lowest BCUT2D eigenvalue weighted by atomic mass is 9.92. The number of hydrogen-bond acceptors (Lipinski definition) is 3. The Labute approximate surface area is 166 Å². The molecular formula is C16H22BrCl2F3N2O. The van der Waals surface area contributed by atoms with Crippen LogP contribution >= 0.6 is 40.7 Å². The fourth-order valence-electron chi connectivity index (χ4n) is 2.90. The van der Waals surface area contributed by atoms with Gasteiger partial charge in [0, 0.05) is 37.8 Å². The Morgan fingerprint density at radius 2 is 1.88 bits per heavy atom. The number of nitrogens with one attached hydrogen (secondary N) is 1. The second kappa shape index (κ2) is 10.0. The number of phenols is 1. The molecule has 0 unspecified atom stereocenters. The number of phenolic OH excluding ortho intramolecular Hbond substituents is 1. The number of piperazine rings is 1. The predicted molar refractivity (Wildman–Crippen MR) is 102 cm³/mol. The first-order valence-electron chi connectivity index (χ1n) is 7.39. The standard InChI is InChI=1S/C16H20BrF3N2O.2ClH/c1-10(2)9-13(22-7-5-21-6-8-22)14-11(16(18,19)20)3-4-12(17)15(14)23;;/h3-4,13,21,23H,1,5-9H2,2H3;2*1H/t13-;;/m1../s1. The average Bonchev–Trinajstić information content (AvgIpc) is 2.47. The molecule has 1 aromatic rings. The zero-order valence-corrected chi connectivity index (χ0v) is 16.9. The van der Waals surface area contributed by atoms with Gasteiger partial charge >= 0.3 is 6.18 Å². The van der Waals surface area contributed by atoms with E-state index in [0.29, 0.717) is 32.6 Å². The Balaban J connectivity index is 0.00000288. The number of nitrogens with zero attached hydrogens (tertiary/aromatic N) is 1. The summed E-state index contributed by atoms with van der Waals surface area (Å²) in [5.74, 6) is -0.343. The largest absolute Gasteiger partial charge is 0.506 e. The summed E-state index contributed by atoms with van der Waals surface area (Å²) in [6.45, 7) is 8.31. The fourth-order valence-corrected chi connectivity index (χ4v) is 3.25. The lowest BCUT2D eigenvalue weighted by Crippen LogP contribution is -2.45. The van der Waals surface area contributed by atoms with Crippen molar-refractivity contribution in [2.24, 2.45) is 0 Å². The van der Waals surface area contributed by atoms with Gasteiger partial charge in [-0.25, -0.2) is 0 Å². The van der Waals surface area contributed by atoms with Crippen LogP contribution in [0.5, 0.6) is 5.75 Å². The second-order valence-corrected chi connectivity index (χ2v) is 6.67. The highest BCUT2D eigenvalue weighted by atomic mass is 79.9. The van der Waals surface area contributed by atoms with Crippen molar-refractivity contribution in [2.45, 2.75) is 25.6 Å². The van der Waals surface area contributed by atoms with E-state index in [2.05, 4.69) is 27.8 Å². The van der Waals surface area contributed by atoms with Crippen molar-refractivity contribution >= 4 is 40.7 Å². The van der Waals surface area contributed by atoms with E-state index in [0.717, 1.165) is 11.6 Å².